The third-order valence-corrected chi connectivity index (χ3v) is 10.9. The zero-order valence-electron chi connectivity index (χ0n) is 24.4. The molecule has 4 heteroatoms. The summed E-state index contributed by atoms with van der Waals surface area (Å²) < 4.78 is 5.87. The zero-order chi connectivity index (χ0) is 29.2. The molecule has 10 rings (SSSR count). The Morgan fingerprint density at radius 1 is 0.636 bits per heavy atom. The minimum Gasteiger partial charge on any atom is -0.301 e. The lowest BCUT2D eigenvalue weighted by atomic mass is 9.82. The topological polar surface area (TPSA) is 22.2 Å². The van der Waals surface area contributed by atoms with Gasteiger partial charge in [-0.05, 0) is 70.8 Å². The van der Waals surface area contributed by atoms with Crippen LogP contribution in [0.3, 0.4) is 0 Å². The van der Waals surface area contributed by atoms with Crippen LogP contribution in [-0.2, 0) is 5.41 Å². The number of rotatable bonds is 2. The Kier molecular flexibility index (Phi) is 4.67. The maximum Gasteiger partial charge on any atom is 0.109 e. The molecular formula is C40H27N3S. The van der Waals surface area contributed by atoms with E-state index in [0.717, 1.165) is 28.0 Å². The van der Waals surface area contributed by atoms with Crippen molar-refractivity contribution in [3.05, 3.63) is 139 Å². The molecule has 0 aliphatic heterocycles. The van der Waals surface area contributed by atoms with Gasteiger partial charge in [0.1, 0.15) is 4.83 Å². The molecule has 0 fully saturated rings. The molecular weight excluding hydrogens is 555 g/mol. The van der Waals surface area contributed by atoms with Crippen LogP contribution < -0.4 is 0 Å². The first-order valence-corrected chi connectivity index (χ1v) is 16.0. The van der Waals surface area contributed by atoms with Crippen molar-refractivity contribution in [2.24, 2.45) is 0 Å². The number of benzene rings is 5. The highest BCUT2D eigenvalue weighted by molar-refractivity contribution is 7.25. The smallest absolute Gasteiger partial charge is 0.109 e. The van der Waals surface area contributed by atoms with Gasteiger partial charge < -0.3 is 4.57 Å². The van der Waals surface area contributed by atoms with Gasteiger partial charge in [-0.25, -0.2) is 4.52 Å². The van der Waals surface area contributed by atoms with Gasteiger partial charge in [0.15, 0.2) is 0 Å². The maximum absolute atomic E-state index is 5.09. The summed E-state index contributed by atoms with van der Waals surface area (Å²) >= 11 is 1.88. The first-order valence-electron chi connectivity index (χ1n) is 15.1. The number of aromatic nitrogens is 3. The number of nitrogens with zero attached hydrogens (tertiary/aromatic N) is 3. The van der Waals surface area contributed by atoms with E-state index < -0.39 is 0 Å². The van der Waals surface area contributed by atoms with Crippen molar-refractivity contribution in [2.75, 3.05) is 0 Å². The molecule has 9 aromatic rings. The number of thiophene rings is 1. The quantitative estimate of drug-likeness (QED) is 0.199. The molecule has 3 nitrogen and oxygen atoms in total. The molecule has 5 aromatic carbocycles. The van der Waals surface area contributed by atoms with Gasteiger partial charge in [-0.3, -0.25) is 0 Å². The van der Waals surface area contributed by atoms with E-state index in [9.17, 15) is 0 Å². The van der Waals surface area contributed by atoms with Gasteiger partial charge >= 0.3 is 0 Å². The van der Waals surface area contributed by atoms with E-state index >= 15 is 0 Å². The van der Waals surface area contributed by atoms with Crippen LogP contribution in [-0.4, -0.2) is 14.2 Å². The average Bonchev–Trinajstić information content (AvgIpc) is 3.79. The third-order valence-electron chi connectivity index (χ3n) is 9.73. The first kappa shape index (κ1) is 24.3. The van der Waals surface area contributed by atoms with Gasteiger partial charge in [0.25, 0.3) is 0 Å². The van der Waals surface area contributed by atoms with Crippen LogP contribution in [0.25, 0.3) is 75.7 Å². The van der Waals surface area contributed by atoms with Crippen molar-refractivity contribution < 1.29 is 0 Å². The number of para-hydroxylation sites is 1. The van der Waals surface area contributed by atoms with E-state index in [0.29, 0.717) is 0 Å². The largest absolute Gasteiger partial charge is 0.301 e. The summed E-state index contributed by atoms with van der Waals surface area (Å²) in [4.78, 5) is 1.29. The number of fused-ring (bicyclic) bond motifs is 11. The Morgan fingerprint density at radius 3 is 2.43 bits per heavy atom. The Bertz CT molecular complexity index is 2650. The maximum atomic E-state index is 5.09. The molecule has 1 aliphatic rings. The van der Waals surface area contributed by atoms with Crippen LogP contribution in [0.15, 0.2) is 127 Å². The monoisotopic (exact) mass is 581 g/mol. The second kappa shape index (κ2) is 8.46. The first-order chi connectivity index (χ1) is 21.6. The number of pyridine rings is 1. The summed E-state index contributed by atoms with van der Waals surface area (Å²) in [7, 11) is 0. The molecule has 0 saturated carbocycles. The lowest BCUT2D eigenvalue weighted by Gasteiger charge is -2.21. The van der Waals surface area contributed by atoms with Crippen molar-refractivity contribution >= 4 is 59.0 Å². The van der Waals surface area contributed by atoms with Crippen LogP contribution in [0.2, 0.25) is 0 Å². The summed E-state index contributed by atoms with van der Waals surface area (Å²) in [5, 5.41) is 10.3. The van der Waals surface area contributed by atoms with Crippen molar-refractivity contribution in [3.8, 4) is 28.1 Å². The molecule has 0 atom stereocenters. The minimum atomic E-state index is -0.0480. The van der Waals surface area contributed by atoms with Crippen LogP contribution >= 0.6 is 11.3 Å². The highest BCUT2D eigenvalue weighted by atomic mass is 32.1. The molecule has 0 saturated heterocycles. The molecule has 0 amide bonds. The van der Waals surface area contributed by atoms with E-state index in [4.69, 9.17) is 5.10 Å². The van der Waals surface area contributed by atoms with Gasteiger partial charge in [-0.2, -0.15) is 5.10 Å². The van der Waals surface area contributed by atoms with Gasteiger partial charge in [0.2, 0.25) is 0 Å². The third kappa shape index (κ3) is 3.13. The number of hydrogen-bond donors (Lipinski definition) is 0. The van der Waals surface area contributed by atoms with E-state index in [1.54, 1.807) is 0 Å². The highest BCUT2D eigenvalue weighted by Gasteiger charge is 2.36. The number of hydrogen-bond acceptors (Lipinski definition) is 2. The average molecular weight is 582 g/mol. The molecule has 0 unspecified atom stereocenters. The van der Waals surface area contributed by atoms with Gasteiger partial charge in [-0.15, -0.1) is 11.3 Å². The Hall–Kier alpha value is -5.19. The van der Waals surface area contributed by atoms with Crippen LogP contribution in [0, 0.1) is 0 Å². The van der Waals surface area contributed by atoms with E-state index in [1.165, 1.54) is 58.8 Å². The van der Waals surface area contributed by atoms with Crippen molar-refractivity contribution in [3.63, 3.8) is 0 Å². The summed E-state index contributed by atoms with van der Waals surface area (Å²) in [6.07, 6.45) is 0. The van der Waals surface area contributed by atoms with Crippen LogP contribution in [0.1, 0.15) is 25.0 Å². The fourth-order valence-corrected chi connectivity index (χ4v) is 8.84. The standard InChI is InChI=1S/C40H27N3S/c1-40(2)32-15-6-4-13-28(32)30-23-36-31(22-33(30)40)38-29-14-5-8-17-37(29)44-39(38)42(36)26-12-9-11-25(20-26)34-21-27-19-18-24-10-3-7-16-35(24)43(27)41-34/h3-23H,1-2H3. The second-order valence-electron chi connectivity index (χ2n) is 12.5. The molecule has 4 heterocycles. The summed E-state index contributed by atoms with van der Waals surface area (Å²) in [5.74, 6) is 0. The summed E-state index contributed by atoms with van der Waals surface area (Å²) in [6.45, 7) is 4.73. The predicted molar refractivity (Wildman–Crippen MR) is 185 cm³/mol. The van der Waals surface area contributed by atoms with Crippen molar-refractivity contribution in [1.29, 1.82) is 0 Å². The molecule has 0 spiro atoms. The minimum absolute atomic E-state index is 0.0480. The zero-order valence-corrected chi connectivity index (χ0v) is 25.2. The summed E-state index contributed by atoms with van der Waals surface area (Å²) in [5.41, 5.74) is 12.2. The van der Waals surface area contributed by atoms with Gasteiger partial charge in [0, 0.05) is 42.9 Å². The second-order valence-corrected chi connectivity index (χ2v) is 13.5. The van der Waals surface area contributed by atoms with Crippen molar-refractivity contribution in [2.45, 2.75) is 19.3 Å². The van der Waals surface area contributed by atoms with Crippen LogP contribution in [0.4, 0.5) is 0 Å². The van der Waals surface area contributed by atoms with E-state index in [-0.39, 0.29) is 5.41 Å². The van der Waals surface area contributed by atoms with E-state index in [2.05, 4.69) is 150 Å². The molecule has 208 valence electrons. The molecule has 44 heavy (non-hydrogen) atoms. The predicted octanol–water partition coefficient (Wildman–Crippen LogP) is 10.8. The molecule has 1 aliphatic carbocycles. The van der Waals surface area contributed by atoms with Crippen molar-refractivity contribution in [1.82, 2.24) is 14.2 Å². The summed E-state index contributed by atoms with van der Waals surface area (Å²) in [6, 6.07) is 46.5. The Morgan fingerprint density at radius 2 is 1.48 bits per heavy atom. The highest BCUT2D eigenvalue weighted by Crippen LogP contribution is 2.52. The van der Waals surface area contributed by atoms with E-state index in [1.807, 2.05) is 11.3 Å². The molecule has 0 bridgehead atoms. The van der Waals surface area contributed by atoms with Crippen LogP contribution in [0.5, 0.6) is 0 Å². The van der Waals surface area contributed by atoms with Gasteiger partial charge in [-0.1, -0.05) is 92.7 Å². The van der Waals surface area contributed by atoms with Gasteiger partial charge in [0.05, 0.1) is 22.2 Å². The lowest BCUT2D eigenvalue weighted by Crippen LogP contribution is -2.14. The SMILES string of the molecule is CC1(C)c2ccccc2-c2cc3c(cc21)c1c2ccccc2sc1n3-c1cccc(-c2cc3ccc4ccccc4n3n2)c1. The molecule has 4 aromatic heterocycles. The lowest BCUT2D eigenvalue weighted by molar-refractivity contribution is 0.661. The molecule has 0 radical (unpaired) electrons. The Labute approximate surface area is 258 Å². The normalized spacial score (nSPS) is 13.9. The fourth-order valence-electron chi connectivity index (χ4n) is 7.59. The Balaban J connectivity index is 1.25. The molecule has 0 N–H and O–H groups in total. The fraction of sp³-hybridized carbons (Fsp3) is 0.0750.